The van der Waals surface area contributed by atoms with Gasteiger partial charge in [0.2, 0.25) is 10.0 Å². The number of aryl methyl sites for hydroxylation is 1. The lowest BCUT2D eigenvalue weighted by atomic mass is 10.2. The highest BCUT2D eigenvalue weighted by atomic mass is 32.2. The van der Waals surface area contributed by atoms with Gasteiger partial charge >= 0.3 is 0 Å². The zero-order chi connectivity index (χ0) is 11.6. The molecule has 2 rings (SSSR count). The second-order valence-electron chi connectivity index (χ2n) is 3.96. The maximum Gasteiger partial charge on any atom is 0.210 e. The normalized spacial score (nSPS) is 19.7. The van der Waals surface area contributed by atoms with E-state index in [1.807, 2.05) is 6.07 Å². The van der Waals surface area contributed by atoms with Crippen LogP contribution in [0.2, 0.25) is 0 Å². The van der Waals surface area contributed by atoms with Crippen LogP contribution in [0.5, 0.6) is 0 Å². The highest BCUT2D eigenvalue weighted by molar-refractivity contribution is 7.89. The van der Waals surface area contributed by atoms with Crippen LogP contribution < -0.4 is 10.5 Å². The number of hydrogen-bond donors (Lipinski definition) is 2. The predicted molar refractivity (Wildman–Crippen MR) is 61.3 cm³/mol. The van der Waals surface area contributed by atoms with E-state index in [0.29, 0.717) is 6.54 Å². The number of sulfonamides is 1. The van der Waals surface area contributed by atoms with Gasteiger partial charge in [-0.25, -0.2) is 13.6 Å². The van der Waals surface area contributed by atoms with E-state index in [9.17, 15) is 8.42 Å². The van der Waals surface area contributed by atoms with Crippen molar-refractivity contribution < 1.29 is 8.42 Å². The van der Waals surface area contributed by atoms with Gasteiger partial charge in [-0.05, 0) is 24.5 Å². The molecule has 0 bridgehead atoms. The zero-order valence-corrected chi connectivity index (χ0v) is 9.70. The van der Waals surface area contributed by atoms with Crippen molar-refractivity contribution in [3.8, 4) is 0 Å². The Morgan fingerprint density at radius 1 is 1.56 bits per heavy atom. The Morgan fingerprint density at radius 3 is 3.12 bits per heavy atom. The van der Waals surface area contributed by atoms with Gasteiger partial charge < -0.3 is 5.32 Å². The first-order valence-electron chi connectivity index (χ1n) is 5.24. The molecular formula is C10H15N3O2S. The minimum Gasteiger partial charge on any atom is -0.308 e. The molecule has 1 aromatic rings. The Balaban J connectivity index is 1.94. The molecule has 1 aromatic heterocycles. The Hall–Kier alpha value is -0.980. The lowest BCUT2D eigenvalue weighted by molar-refractivity contribution is 0.533. The molecule has 1 atom stereocenters. The van der Waals surface area contributed by atoms with E-state index < -0.39 is 10.0 Å². The number of hydrogen-bond acceptors (Lipinski definition) is 4. The molecule has 0 radical (unpaired) electrons. The fraction of sp³-hybridized carbons (Fsp3) is 0.500. The standard InChI is InChI=1S/C10H15N3O2S/c11-16(14,15)7-6-12-9-4-3-8-2-1-5-13-10(8)9/h1-2,5,9,12H,3-4,6-7H2,(H2,11,14,15). The Morgan fingerprint density at radius 2 is 2.38 bits per heavy atom. The largest absolute Gasteiger partial charge is 0.308 e. The van der Waals surface area contributed by atoms with Crippen LogP contribution in [0.25, 0.3) is 0 Å². The Bertz CT molecular complexity index is 473. The van der Waals surface area contributed by atoms with Crippen molar-refractivity contribution in [2.45, 2.75) is 18.9 Å². The molecule has 6 heteroatoms. The van der Waals surface area contributed by atoms with E-state index in [4.69, 9.17) is 5.14 Å². The van der Waals surface area contributed by atoms with Gasteiger partial charge in [-0.2, -0.15) is 0 Å². The van der Waals surface area contributed by atoms with Crippen LogP contribution >= 0.6 is 0 Å². The van der Waals surface area contributed by atoms with Crippen molar-refractivity contribution in [3.05, 3.63) is 29.6 Å². The zero-order valence-electron chi connectivity index (χ0n) is 8.89. The molecule has 16 heavy (non-hydrogen) atoms. The highest BCUT2D eigenvalue weighted by Crippen LogP contribution is 2.28. The van der Waals surface area contributed by atoms with Crippen molar-refractivity contribution >= 4 is 10.0 Å². The van der Waals surface area contributed by atoms with Crippen LogP contribution in [0.4, 0.5) is 0 Å². The van der Waals surface area contributed by atoms with Crippen molar-refractivity contribution in [1.29, 1.82) is 0 Å². The lowest BCUT2D eigenvalue weighted by Gasteiger charge is -2.12. The summed E-state index contributed by atoms with van der Waals surface area (Å²) in [6, 6.07) is 4.15. The number of nitrogens with two attached hydrogens (primary N) is 1. The lowest BCUT2D eigenvalue weighted by Crippen LogP contribution is -2.29. The average molecular weight is 241 g/mol. The topological polar surface area (TPSA) is 85.1 Å². The van der Waals surface area contributed by atoms with Gasteiger partial charge in [0.05, 0.1) is 17.5 Å². The van der Waals surface area contributed by atoms with Crippen molar-refractivity contribution in [3.63, 3.8) is 0 Å². The molecule has 1 heterocycles. The van der Waals surface area contributed by atoms with Crippen LogP contribution in [-0.4, -0.2) is 25.7 Å². The van der Waals surface area contributed by atoms with Crippen LogP contribution in [0.1, 0.15) is 23.7 Å². The first kappa shape index (κ1) is 11.5. The van der Waals surface area contributed by atoms with E-state index in [1.165, 1.54) is 5.56 Å². The highest BCUT2D eigenvalue weighted by Gasteiger charge is 2.22. The van der Waals surface area contributed by atoms with Gasteiger partial charge in [0, 0.05) is 12.7 Å². The van der Waals surface area contributed by atoms with Crippen molar-refractivity contribution in [2.75, 3.05) is 12.3 Å². The van der Waals surface area contributed by atoms with Crippen LogP contribution in [0.15, 0.2) is 18.3 Å². The summed E-state index contributed by atoms with van der Waals surface area (Å²) in [6.45, 7) is 0.375. The van der Waals surface area contributed by atoms with E-state index >= 15 is 0 Å². The summed E-state index contributed by atoms with van der Waals surface area (Å²) in [7, 11) is -3.38. The number of aromatic nitrogens is 1. The molecule has 0 aliphatic heterocycles. The molecule has 5 nitrogen and oxygen atoms in total. The van der Waals surface area contributed by atoms with Gasteiger partial charge in [-0.15, -0.1) is 0 Å². The quantitative estimate of drug-likeness (QED) is 0.773. The minimum absolute atomic E-state index is 0.0360. The molecule has 0 aromatic carbocycles. The molecule has 88 valence electrons. The van der Waals surface area contributed by atoms with E-state index in [-0.39, 0.29) is 11.8 Å². The smallest absolute Gasteiger partial charge is 0.210 e. The van der Waals surface area contributed by atoms with Crippen LogP contribution in [0, 0.1) is 0 Å². The van der Waals surface area contributed by atoms with Crippen molar-refractivity contribution in [2.24, 2.45) is 5.14 Å². The van der Waals surface area contributed by atoms with E-state index in [2.05, 4.69) is 16.4 Å². The van der Waals surface area contributed by atoms with Gasteiger partial charge in [-0.1, -0.05) is 6.07 Å². The average Bonchev–Trinajstić information content (AvgIpc) is 2.60. The molecule has 0 fully saturated rings. The number of fused-ring (bicyclic) bond motifs is 1. The monoisotopic (exact) mass is 241 g/mol. The molecule has 0 saturated heterocycles. The Kier molecular flexibility index (Phi) is 3.22. The molecular weight excluding hydrogens is 226 g/mol. The predicted octanol–water partition coefficient (Wildman–Crippen LogP) is -0.0530. The molecule has 0 amide bonds. The fourth-order valence-corrected chi connectivity index (χ4v) is 2.39. The van der Waals surface area contributed by atoms with Crippen LogP contribution in [0.3, 0.4) is 0 Å². The SMILES string of the molecule is NS(=O)(=O)CCNC1CCc2cccnc21. The van der Waals surface area contributed by atoms with E-state index in [1.54, 1.807) is 6.20 Å². The van der Waals surface area contributed by atoms with Gasteiger partial charge in [0.15, 0.2) is 0 Å². The van der Waals surface area contributed by atoms with Crippen molar-refractivity contribution in [1.82, 2.24) is 10.3 Å². The first-order chi connectivity index (χ1) is 7.56. The fourth-order valence-electron chi connectivity index (χ4n) is 1.99. The third kappa shape index (κ3) is 2.78. The van der Waals surface area contributed by atoms with Gasteiger partial charge in [0.1, 0.15) is 0 Å². The summed E-state index contributed by atoms with van der Waals surface area (Å²) < 4.78 is 21.5. The molecule has 3 N–H and O–H groups in total. The minimum atomic E-state index is -3.38. The third-order valence-electron chi connectivity index (χ3n) is 2.74. The maximum atomic E-state index is 10.8. The molecule has 0 spiro atoms. The first-order valence-corrected chi connectivity index (χ1v) is 6.95. The Labute approximate surface area is 95.1 Å². The third-order valence-corrected chi connectivity index (χ3v) is 3.51. The second-order valence-corrected chi connectivity index (χ2v) is 5.69. The summed E-state index contributed by atoms with van der Waals surface area (Å²) in [6.07, 6.45) is 3.73. The molecule has 1 aliphatic carbocycles. The summed E-state index contributed by atoms with van der Waals surface area (Å²) in [4.78, 5) is 4.31. The molecule has 0 saturated carbocycles. The van der Waals surface area contributed by atoms with Gasteiger partial charge in [-0.3, -0.25) is 4.98 Å². The number of primary sulfonamides is 1. The number of rotatable bonds is 4. The number of pyridine rings is 1. The van der Waals surface area contributed by atoms with Crippen LogP contribution in [-0.2, 0) is 16.4 Å². The maximum absolute atomic E-state index is 10.8. The molecule has 1 aliphatic rings. The number of nitrogens with one attached hydrogen (secondary N) is 1. The number of nitrogens with zero attached hydrogens (tertiary/aromatic N) is 1. The summed E-state index contributed by atoms with van der Waals surface area (Å²) in [5, 5.41) is 8.10. The van der Waals surface area contributed by atoms with Gasteiger partial charge in [0.25, 0.3) is 0 Å². The van der Waals surface area contributed by atoms with E-state index in [0.717, 1.165) is 18.5 Å². The summed E-state index contributed by atoms with van der Waals surface area (Å²) in [5.74, 6) is -0.0360. The molecule has 1 unspecified atom stereocenters. The summed E-state index contributed by atoms with van der Waals surface area (Å²) >= 11 is 0. The second kappa shape index (κ2) is 4.48. The summed E-state index contributed by atoms with van der Waals surface area (Å²) in [5.41, 5.74) is 2.28.